The van der Waals surface area contributed by atoms with Gasteiger partial charge < -0.3 is 0 Å². The molecule has 1 heteroatoms. The Labute approximate surface area is 196 Å². The summed E-state index contributed by atoms with van der Waals surface area (Å²) in [5.74, 6) is 2.76. The molecule has 0 aliphatic heterocycles. The second-order valence-corrected chi connectivity index (χ2v) is 12.9. The van der Waals surface area contributed by atoms with Gasteiger partial charge in [-0.3, -0.25) is 0 Å². The molecule has 0 atom stereocenters. The first-order valence-electron chi connectivity index (χ1n) is 12.4. The molecule has 0 unspecified atom stereocenters. The SMILES string of the molecule is C#CCCCCCCCC[PH](C1=CC=CCC=C1)(C1=C/C=C\CC/C=C\1)c1ccccc1. The minimum absolute atomic E-state index is 0.923. The van der Waals surface area contributed by atoms with E-state index >= 15 is 0 Å². The summed E-state index contributed by atoms with van der Waals surface area (Å²) in [5.41, 5.74) is 0. The summed E-state index contributed by atoms with van der Waals surface area (Å²) in [6.07, 6.45) is 42.1. The molecular weight excluding hydrogens is 403 g/mol. The van der Waals surface area contributed by atoms with Crippen LogP contribution in [-0.4, -0.2) is 6.16 Å². The second-order valence-electron chi connectivity index (χ2n) is 8.81. The molecule has 0 nitrogen and oxygen atoms in total. The van der Waals surface area contributed by atoms with Crippen LogP contribution >= 0.6 is 7.26 Å². The van der Waals surface area contributed by atoms with Crippen LogP contribution in [0.3, 0.4) is 0 Å². The number of rotatable bonds is 11. The Morgan fingerprint density at radius 3 is 2.16 bits per heavy atom. The molecule has 2 aliphatic carbocycles. The fourth-order valence-corrected chi connectivity index (χ4v) is 9.83. The van der Waals surface area contributed by atoms with Crippen molar-refractivity contribution in [2.45, 2.75) is 64.2 Å². The van der Waals surface area contributed by atoms with E-state index in [4.69, 9.17) is 6.42 Å². The molecule has 3 rings (SSSR count). The van der Waals surface area contributed by atoms with Crippen LogP contribution in [0.1, 0.15) is 64.2 Å². The number of unbranched alkanes of at least 4 members (excludes halogenated alkanes) is 6. The molecule has 0 spiro atoms. The predicted molar refractivity (Wildman–Crippen MR) is 147 cm³/mol. The molecule has 0 N–H and O–H groups in total. The molecule has 0 aromatic heterocycles. The summed E-state index contributed by atoms with van der Waals surface area (Å²) in [7, 11) is -2.12. The van der Waals surface area contributed by atoms with Crippen molar-refractivity contribution >= 4 is 12.6 Å². The summed E-state index contributed by atoms with van der Waals surface area (Å²) in [5, 5.41) is 4.61. The number of hydrogen-bond acceptors (Lipinski definition) is 0. The Morgan fingerprint density at radius 1 is 0.719 bits per heavy atom. The van der Waals surface area contributed by atoms with Gasteiger partial charge in [-0.2, -0.15) is 0 Å². The van der Waals surface area contributed by atoms with Crippen molar-refractivity contribution in [3.05, 3.63) is 102 Å². The predicted octanol–water partition coefficient (Wildman–Crippen LogP) is 8.62. The number of terminal acetylenes is 1. The van der Waals surface area contributed by atoms with Crippen molar-refractivity contribution in [3.63, 3.8) is 0 Å². The molecule has 0 radical (unpaired) electrons. The van der Waals surface area contributed by atoms with Gasteiger partial charge in [0.25, 0.3) is 0 Å². The maximum atomic E-state index is 5.39. The molecule has 1 aromatic rings. The van der Waals surface area contributed by atoms with Crippen molar-refractivity contribution in [1.82, 2.24) is 0 Å². The Morgan fingerprint density at radius 2 is 1.38 bits per heavy atom. The quantitative estimate of drug-likeness (QED) is 0.183. The molecular formula is C31H39P. The average molecular weight is 443 g/mol. The number of hydrogen-bond donors (Lipinski definition) is 0. The van der Waals surface area contributed by atoms with Gasteiger partial charge in [0.15, 0.2) is 0 Å². The second kappa shape index (κ2) is 13.9. The van der Waals surface area contributed by atoms with Crippen LogP contribution in [0.2, 0.25) is 0 Å². The molecule has 0 saturated carbocycles. The van der Waals surface area contributed by atoms with Crippen LogP contribution in [0.4, 0.5) is 0 Å². The average Bonchev–Trinajstić information content (AvgIpc) is 3.09. The monoisotopic (exact) mass is 442 g/mol. The summed E-state index contributed by atoms with van der Waals surface area (Å²) < 4.78 is 0. The van der Waals surface area contributed by atoms with Gasteiger partial charge in [-0.05, 0) is 0 Å². The number of benzene rings is 1. The molecule has 0 fully saturated rings. The van der Waals surface area contributed by atoms with Crippen LogP contribution in [0.5, 0.6) is 0 Å². The van der Waals surface area contributed by atoms with Crippen molar-refractivity contribution in [2.75, 3.05) is 6.16 Å². The van der Waals surface area contributed by atoms with E-state index in [0.29, 0.717) is 0 Å². The van der Waals surface area contributed by atoms with E-state index in [1.165, 1.54) is 55.3 Å². The van der Waals surface area contributed by atoms with E-state index in [-0.39, 0.29) is 0 Å². The summed E-state index contributed by atoms with van der Waals surface area (Å²) in [4.78, 5) is 0. The van der Waals surface area contributed by atoms with Gasteiger partial charge in [0, 0.05) is 0 Å². The first-order valence-corrected chi connectivity index (χ1v) is 14.7. The van der Waals surface area contributed by atoms with Crippen molar-refractivity contribution in [3.8, 4) is 12.3 Å². The van der Waals surface area contributed by atoms with Crippen molar-refractivity contribution in [2.24, 2.45) is 0 Å². The van der Waals surface area contributed by atoms with Gasteiger partial charge in [-0.15, -0.1) is 0 Å². The third kappa shape index (κ3) is 6.82. The standard InChI is InChI=1S/C31H39P/c1-2-3-4-5-6-7-13-21-28-32(31-26-19-14-20-27-31,30-24-17-11-12-18-25-30)29-22-15-9-8-10-16-23-29/h1,9,11,14-20,22-27,32H,3-8,10,12-13,21,28H2/b15-9-,23-16-,29-22+. The Hall–Kier alpha value is -2.35. The van der Waals surface area contributed by atoms with Gasteiger partial charge >= 0.3 is 197 Å². The first-order chi connectivity index (χ1) is 15.9. The minimum atomic E-state index is -2.12. The molecule has 0 heterocycles. The van der Waals surface area contributed by atoms with E-state index in [1.54, 1.807) is 5.31 Å². The molecule has 0 amide bonds. The molecule has 168 valence electrons. The molecule has 1 aromatic carbocycles. The van der Waals surface area contributed by atoms with E-state index in [2.05, 4.69) is 97.0 Å². The fourth-order valence-electron chi connectivity index (χ4n) is 4.85. The topological polar surface area (TPSA) is 0 Å². The van der Waals surface area contributed by atoms with Gasteiger partial charge in [0.1, 0.15) is 0 Å². The van der Waals surface area contributed by atoms with Crippen molar-refractivity contribution < 1.29 is 0 Å². The normalized spacial score (nSPS) is 20.1. The summed E-state index contributed by atoms with van der Waals surface area (Å²) in [6, 6.07) is 11.4. The van der Waals surface area contributed by atoms with Crippen molar-refractivity contribution in [1.29, 1.82) is 0 Å². The zero-order chi connectivity index (χ0) is 22.3. The van der Waals surface area contributed by atoms with Gasteiger partial charge in [0.05, 0.1) is 0 Å². The third-order valence-electron chi connectivity index (χ3n) is 6.57. The Kier molecular flexibility index (Phi) is 10.6. The van der Waals surface area contributed by atoms with E-state index < -0.39 is 7.26 Å². The number of allylic oxidation sites excluding steroid dienone is 12. The van der Waals surface area contributed by atoms with Gasteiger partial charge in [-0.25, -0.2) is 0 Å². The van der Waals surface area contributed by atoms with E-state index in [9.17, 15) is 0 Å². The zero-order valence-corrected chi connectivity index (χ0v) is 20.5. The Balaban J connectivity index is 1.92. The van der Waals surface area contributed by atoms with Gasteiger partial charge in [-0.1, -0.05) is 0 Å². The van der Waals surface area contributed by atoms with Crippen LogP contribution in [0.15, 0.2) is 102 Å². The van der Waals surface area contributed by atoms with Crippen LogP contribution in [0, 0.1) is 12.3 Å². The fraction of sp³-hybridized carbons (Fsp3) is 0.355. The molecule has 32 heavy (non-hydrogen) atoms. The summed E-state index contributed by atoms with van der Waals surface area (Å²) in [6.45, 7) is 0. The van der Waals surface area contributed by atoms with Crippen LogP contribution in [0.25, 0.3) is 0 Å². The summed E-state index contributed by atoms with van der Waals surface area (Å²) >= 11 is 0. The molecule has 0 bridgehead atoms. The first kappa shape index (κ1) is 24.3. The Bertz CT molecular complexity index is 917. The van der Waals surface area contributed by atoms with Crippen LogP contribution in [-0.2, 0) is 0 Å². The zero-order valence-electron chi connectivity index (χ0n) is 19.5. The van der Waals surface area contributed by atoms with Crippen LogP contribution < -0.4 is 5.30 Å². The molecule has 0 saturated heterocycles. The third-order valence-corrected chi connectivity index (χ3v) is 11.6. The van der Waals surface area contributed by atoms with E-state index in [0.717, 1.165) is 25.7 Å². The molecule has 2 aliphatic rings. The maximum absolute atomic E-state index is 5.39. The van der Waals surface area contributed by atoms with Gasteiger partial charge in [0.2, 0.25) is 0 Å². The van der Waals surface area contributed by atoms with E-state index in [1.807, 2.05) is 0 Å².